The van der Waals surface area contributed by atoms with Crippen LogP contribution in [0.4, 0.5) is 0 Å². The van der Waals surface area contributed by atoms with Crippen LogP contribution >= 0.6 is 0 Å². The molecule has 0 spiro atoms. The van der Waals surface area contributed by atoms with Crippen molar-refractivity contribution in [1.82, 2.24) is 10.2 Å². The molecule has 1 aliphatic rings. The van der Waals surface area contributed by atoms with Gasteiger partial charge in [-0.1, -0.05) is 61.5 Å². The molecule has 0 aromatic heterocycles. The minimum atomic E-state index is 0.622. The summed E-state index contributed by atoms with van der Waals surface area (Å²) >= 11 is 0. The number of fused-ring (bicyclic) bond motifs is 1. The molecule has 0 aliphatic carbocycles. The third kappa shape index (κ3) is 3.76. The van der Waals surface area contributed by atoms with Crippen molar-refractivity contribution in [3.05, 3.63) is 71.3 Å². The summed E-state index contributed by atoms with van der Waals surface area (Å²) in [5.74, 6) is 0. The first-order valence-corrected chi connectivity index (χ1v) is 8.42. The van der Waals surface area contributed by atoms with Crippen molar-refractivity contribution < 1.29 is 0 Å². The SMILES string of the molecule is CCC(CNCc1ccccc1)N1CCc2ccccc2C1. The van der Waals surface area contributed by atoms with Crippen molar-refractivity contribution in [1.29, 1.82) is 0 Å². The van der Waals surface area contributed by atoms with Crippen LogP contribution in [0.25, 0.3) is 0 Å². The molecule has 1 aliphatic heterocycles. The van der Waals surface area contributed by atoms with Crippen molar-refractivity contribution in [3.8, 4) is 0 Å². The van der Waals surface area contributed by atoms with Crippen LogP contribution in [-0.2, 0) is 19.5 Å². The molecule has 1 unspecified atom stereocenters. The maximum Gasteiger partial charge on any atom is 0.0240 e. The standard InChI is InChI=1S/C20H26N2/c1-2-20(15-21-14-17-8-4-3-5-9-17)22-13-12-18-10-6-7-11-19(18)16-22/h3-11,20-21H,2,12-16H2,1H3. The molecule has 0 amide bonds. The van der Waals surface area contributed by atoms with Crippen molar-refractivity contribution in [3.63, 3.8) is 0 Å². The first-order valence-electron chi connectivity index (χ1n) is 8.42. The van der Waals surface area contributed by atoms with Gasteiger partial charge in [-0.3, -0.25) is 4.90 Å². The van der Waals surface area contributed by atoms with Crippen molar-refractivity contribution in [2.24, 2.45) is 0 Å². The van der Waals surface area contributed by atoms with Crippen LogP contribution in [0.2, 0.25) is 0 Å². The Morgan fingerprint density at radius 1 is 1.00 bits per heavy atom. The minimum Gasteiger partial charge on any atom is -0.311 e. The molecule has 1 heterocycles. The lowest BCUT2D eigenvalue weighted by molar-refractivity contribution is 0.169. The predicted molar refractivity (Wildman–Crippen MR) is 92.8 cm³/mol. The molecule has 1 N–H and O–H groups in total. The van der Waals surface area contributed by atoms with Gasteiger partial charge in [0.15, 0.2) is 0 Å². The van der Waals surface area contributed by atoms with E-state index in [9.17, 15) is 0 Å². The van der Waals surface area contributed by atoms with Crippen molar-refractivity contribution in [2.75, 3.05) is 13.1 Å². The van der Waals surface area contributed by atoms with E-state index in [-0.39, 0.29) is 0 Å². The molecular formula is C20H26N2. The highest BCUT2D eigenvalue weighted by atomic mass is 15.2. The molecule has 22 heavy (non-hydrogen) atoms. The topological polar surface area (TPSA) is 15.3 Å². The van der Waals surface area contributed by atoms with E-state index in [0.717, 1.165) is 19.6 Å². The summed E-state index contributed by atoms with van der Waals surface area (Å²) in [5, 5.41) is 3.63. The number of nitrogens with one attached hydrogen (secondary N) is 1. The summed E-state index contributed by atoms with van der Waals surface area (Å²) in [6.07, 6.45) is 2.38. The van der Waals surface area contributed by atoms with E-state index < -0.39 is 0 Å². The predicted octanol–water partition coefficient (Wildman–Crippen LogP) is 3.61. The Morgan fingerprint density at radius 2 is 1.73 bits per heavy atom. The summed E-state index contributed by atoms with van der Waals surface area (Å²) in [5.41, 5.74) is 4.41. The molecule has 0 radical (unpaired) electrons. The average Bonchev–Trinajstić information content (AvgIpc) is 2.59. The number of benzene rings is 2. The zero-order valence-corrected chi connectivity index (χ0v) is 13.5. The number of hydrogen-bond donors (Lipinski definition) is 1. The molecule has 2 nitrogen and oxygen atoms in total. The van der Waals surface area contributed by atoms with E-state index in [1.54, 1.807) is 0 Å². The Hall–Kier alpha value is -1.64. The Kier molecular flexibility index (Phi) is 5.25. The van der Waals surface area contributed by atoms with E-state index in [1.165, 1.54) is 36.1 Å². The Labute approximate surface area is 134 Å². The largest absolute Gasteiger partial charge is 0.311 e. The molecule has 0 bridgehead atoms. The lowest BCUT2D eigenvalue weighted by Gasteiger charge is -2.35. The van der Waals surface area contributed by atoms with E-state index in [0.29, 0.717) is 6.04 Å². The van der Waals surface area contributed by atoms with Gasteiger partial charge >= 0.3 is 0 Å². The lowest BCUT2D eigenvalue weighted by atomic mass is 9.98. The van der Waals surface area contributed by atoms with Gasteiger partial charge in [-0.15, -0.1) is 0 Å². The van der Waals surface area contributed by atoms with Crippen LogP contribution in [0.5, 0.6) is 0 Å². The molecule has 1 atom stereocenters. The first kappa shape index (κ1) is 15.3. The van der Waals surface area contributed by atoms with E-state index in [1.807, 2.05) is 0 Å². The zero-order chi connectivity index (χ0) is 15.2. The highest BCUT2D eigenvalue weighted by Crippen LogP contribution is 2.21. The fourth-order valence-electron chi connectivity index (χ4n) is 3.34. The summed E-state index contributed by atoms with van der Waals surface area (Å²) in [6.45, 7) is 6.61. The normalized spacial score (nSPS) is 16.2. The second kappa shape index (κ2) is 7.57. The van der Waals surface area contributed by atoms with Crippen LogP contribution in [0.3, 0.4) is 0 Å². The van der Waals surface area contributed by atoms with Crippen LogP contribution in [0.1, 0.15) is 30.0 Å². The Bertz CT molecular complexity index is 579. The Morgan fingerprint density at radius 3 is 2.50 bits per heavy atom. The van der Waals surface area contributed by atoms with Crippen molar-refractivity contribution in [2.45, 2.75) is 38.9 Å². The van der Waals surface area contributed by atoms with Gasteiger partial charge in [0, 0.05) is 32.2 Å². The summed E-state index contributed by atoms with van der Waals surface area (Å²) in [6, 6.07) is 20.2. The van der Waals surface area contributed by atoms with Gasteiger partial charge in [0.1, 0.15) is 0 Å². The smallest absolute Gasteiger partial charge is 0.0240 e. The Balaban J connectivity index is 1.54. The maximum absolute atomic E-state index is 3.63. The molecule has 3 rings (SSSR count). The zero-order valence-electron chi connectivity index (χ0n) is 13.5. The fraction of sp³-hybridized carbons (Fsp3) is 0.400. The van der Waals surface area contributed by atoms with Crippen LogP contribution in [-0.4, -0.2) is 24.0 Å². The molecule has 2 aromatic carbocycles. The number of nitrogens with zero attached hydrogens (tertiary/aromatic N) is 1. The summed E-state index contributed by atoms with van der Waals surface area (Å²) in [4.78, 5) is 2.64. The van der Waals surface area contributed by atoms with Gasteiger partial charge in [-0.05, 0) is 29.5 Å². The molecule has 0 saturated carbocycles. The third-order valence-corrected chi connectivity index (χ3v) is 4.70. The minimum absolute atomic E-state index is 0.622. The quantitative estimate of drug-likeness (QED) is 0.875. The third-order valence-electron chi connectivity index (χ3n) is 4.70. The van der Waals surface area contributed by atoms with Crippen LogP contribution < -0.4 is 5.32 Å². The lowest BCUT2D eigenvalue weighted by Crippen LogP contribution is -2.44. The highest BCUT2D eigenvalue weighted by molar-refractivity contribution is 5.29. The van der Waals surface area contributed by atoms with E-state index in [2.05, 4.69) is 71.7 Å². The van der Waals surface area contributed by atoms with Gasteiger partial charge in [-0.2, -0.15) is 0 Å². The average molecular weight is 294 g/mol. The van der Waals surface area contributed by atoms with Gasteiger partial charge in [-0.25, -0.2) is 0 Å². The molecule has 0 fully saturated rings. The monoisotopic (exact) mass is 294 g/mol. The molecular weight excluding hydrogens is 268 g/mol. The van der Waals surface area contributed by atoms with Gasteiger partial charge in [0.25, 0.3) is 0 Å². The fourth-order valence-corrected chi connectivity index (χ4v) is 3.34. The number of rotatable bonds is 6. The van der Waals surface area contributed by atoms with E-state index in [4.69, 9.17) is 0 Å². The van der Waals surface area contributed by atoms with Crippen molar-refractivity contribution >= 4 is 0 Å². The molecule has 116 valence electrons. The van der Waals surface area contributed by atoms with Gasteiger partial charge < -0.3 is 5.32 Å². The molecule has 2 heteroatoms. The highest BCUT2D eigenvalue weighted by Gasteiger charge is 2.21. The molecule has 2 aromatic rings. The second-order valence-electron chi connectivity index (χ2n) is 6.17. The first-order chi connectivity index (χ1) is 10.9. The summed E-state index contributed by atoms with van der Waals surface area (Å²) in [7, 11) is 0. The summed E-state index contributed by atoms with van der Waals surface area (Å²) < 4.78 is 0. The van der Waals surface area contributed by atoms with E-state index >= 15 is 0 Å². The number of hydrogen-bond acceptors (Lipinski definition) is 2. The van der Waals surface area contributed by atoms with Crippen LogP contribution in [0.15, 0.2) is 54.6 Å². The van der Waals surface area contributed by atoms with Gasteiger partial charge in [0.2, 0.25) is 0 Å². The molecule has 0 saturated heterocycles. The maximum atomic E-state index is 3.63. The van der Waals surface area contributed by atoms with Crippen LogP contribution in [0, 0.1) is 0 Å². The van der Waals surface area contributed by atoms with Gasteiger partial charge in [0.05, 0.1) is 0 Å². The second-order valence-corrected chi connectivity index (χ2v) is 6.17.